The van der Waals surface area contributed by atoms with Gasteiger partial charge in [-0.1, -0.05) is 6.92 Å². The smallest absolute Gasteiger partial charge is 0.332 e. The van der Waals surface area contributed by atoms with Gasteiger partial charge in [-0.2, -0.15) is 0 Å². The van der Waals surface area contributed by atoms with Gasteiger partial charge < -0.3 is 14.4 Å². The van der Waals surface area contributed by atoms with Crippen LogP contribution in [0.25, 0.3) is 11.0 Å². The van der Waals surface area contributed by atoms with E-state index in [4.69, 9.17) is 9.47 Å². The molecule has 0 radical (unpaired) electrons. The second-order valence-corrected chi connectivity index (χ2v) is 6.32. The molecule has 1 aliphatic rings. The van der Waals surface area contributed by atoms with Gasteiger partial charge in [-0.3, -0.25) is 14.2 Å². The van der Waals surface area contributed by atoms with Crippen molar-refractivity contribution in [2.45, 2.75) is 26.8 Å². The summed E-state index contributed by atoms with van der Waals surface area (Å²) < 4.78 is 13.2. The highest BCUT2D eigenvalue weighted by Gasteiger charge is 2.23. The molecular weight excluding hydrogens is 352 g/mol. The lowest BCUT2D eigenvalue weighted by molar-refractivity contribution is -0.136. The van der Waals surface area contributed by atoms with Crippen molar-refractivity contribution in [2.24, 2.45) is 7.05 Å². The molecule has 0 N–H and O–H groups in total. The molecule has 146 valence electrons. The fraction of sp³-hybridized carbons (Fsp3) is 0.556. The maximum absolute atomic E-state index is 13.1. The predicted molar refractivity (Wildman–Crippen MR) is 99.2 cm³/mol. The summed E-state index contributed by atoms with van der Waals surface area (Å²) in [5.41, 5.74) is -0.0962. The average Bonchev–Trinajstić information content (AvgIpc) is 2.70. The van der Waals surface area contributed by atoms with E-state index in [2.05, 4.69) is 4.98 Å². The predicted octanol–water partition coefficient (Wildman–Crippen LogP) is -0.0849. The molecule has 0 atom stereocenters. The minimum absolute atomic E-state index is 0.230. The molecule has 0 aliphatic carbocycles. The van der Waals surface area contributed by atoms with E-state index < -0.39 is 11.2 Å². The molecule has 0 unspecified atom stereocenters. The number of carbonyl (C=O) groups is 1. The summed E-state index contributed by atoms with van der Waals surface area (Å²) >= 11 is 0. The lowest BCUT2D eigenvalue weighted by Gasteiger charge is -2.27. The van der Waals surface area contributed by atoms with E-state index in [9.17, 15) is 14.4 Å². The van der Waals surface area contributed by atoms with Crippen LogP contribution in [0.3, 0.4) is 0 Å². The molecule has 0 aromatic carbocycles. The summed E-state index contributed by atoms with van der Waals surface area (Å²) in [6.07, 6.45) is 2.25. The number of aryl methyl sites for hydroxylation is 2. The Balaban J connectivity index is 2.15. The molecule has 1 fully saturated rings. The number of carbonyl (C=O) groups excluding carboxylic acids is 1. The van der Waals surface area contributed by atoms with E-state index in [0.29, 0.717) is 45.1 Å². The molecule has 0 saturated carbocycles. The number of amides is 1. The second kappa shape index (κ2) is 7.91. The van der Waals surface area contributed by atoms with Gasteiger partial charge in [-0.25, -0.2) is 14.3 Å². The summed E-state index contributed by atoms with van der Waals surface area (Å²) in [5.74, 6) is 0.146. The molecule has 1 saturated heterocycles. The van der Waals surface area contributed by atoms with Crippen molar-refractivity contribution in [3.05, 3.63) is 32.6 Å². The topological polar surface area (TPSA) is 95.7 Å². The number of aromatic nitrogens is 3. The molecule has 3 rings (SSSR count). The molecular formula is C18H24N4O5. The van der Waals surface area contributed by atoms with Crippen molar-refractivity contribution in [1.82, 2.24) is 19.0 Å². The van der Waals surface area contributed by atoms with Gasteiger partial charge in [0.05, 0.1) is 19.8 Å². The molecule has 2 aromatic rings. The Hall–Kier alpha value is -2.68. The summed E-state index contributed by atoms with van der Waals surface area (Å²) in [5, 5.41) is 0.230. The van der Waals surface area contributed by atoms with Crippen LogP contribution >= 0.6 is 0 Å². The van der Waals surface area contributed by atoms with Crippen molar-refractivity contribution in [2.75, 3.05) is 32.9 Å². The minimum Gasteiger partial charge on any atom is -0.493 e. The van der Waals surface area contributed by atoms with E-state index in [1.54, 1.807) is 11.1 Å². The summed E-state index contributed by atoms with van der Waals surface area (Å²) in [7, 11) is 1.54. The monoisotopic (exact) mass is 376 g/mol. The fourth-order valence-corrected chi connectivity index (χ4v) is 3.21. The summed E-state index contributed by atoms with van der Waals surface area (Å²) in [4.78, 5) is 44.3. The van der Waals surface area contributed by atoms with Crippen LogP contribution in [0.4, 0.5) is 0 Å². The molecule has 1 aliphatic heterocycles. The number of nitrogens with zero attached hydrogens (tertiary/aromatic N) is 4. The van der Waals surface area contributed by atoms with E-state index in [0.717, 1.165) is 10.1 Å². The van der Waals surface area contributed by atoms with Crippen LogP contribution < -0.4 is 16.0 Å². The quantitative estimate of drug-likeness (QED) is 0.724. The van der Waals surface area contributed by atoms with Gasteiger partial charge in [-0.05, 0) is 13.3 Å². The Bertz CT molecular complexity index is 972. The van der Waals surface area contributed by atoms with Crippen LogP contribution in [0.15, 0.2) is 15.8 Å². The first-order chi connectivity index (χ1) is 13.0. The third kappa shape index (κ3) is 3.46. The van der Waals surface area contributed by atoms with Gasteiger partial charge in [-0.15, -0.1) is 0 Å². The number of hydrogen-bond donors (Lipinski definition) is 0. The van der Waals surface area contributed by atoms with Gasteiger partial charge >= 0.3 is 5.69 Å². The lowest BCUT2D eigenvalue weighted by atomic mass is 10.1. The highest BCUT2D eigenvalue weighted by molar-refractivity contribution is 5.83. The number of ether oxygens (including phenoxy) is 2. The van der Waals surface area contributed by atoms with Crippen LogP contribution in [-0.2, 0) is 29.5 Å². The van der Waals surface area contributed by atoms with Crippen LogP contribution in [-0.4, -0.2) is 57.8 Å². The van der Waals surface area contributed by atoms with Gasteiger partial charge in [0.25, 0.3) is 5.56 Å². The maximum Gasteiger partial charge on any atom is 0.332 e. The third-order valence-electron chi connectivity index (χ3n) is 4.71. The Kier molecular flexibility index (Phi) is 5.59. The minimum atomic E-state index is -0.576. The molecule has 0 spiro atoms. The number of rotatable bonds is 5. The van der Waals surface area contributed by atoms with Crippen molar-refractivity contribution in [3.8, 4) is 5.75 Å². The van der Waals surface area contributed by atoms with Crippen molar-refractivity contribution in [3.63, 3.8) is 0 Å². The first-order valence-corrected chi connectivity index (χ1v) is 9.09. The maximum atomic E-state index is 13.1. The van der Waals surface area contributed by atoms with Gasteiger partial charge in [0, 0.05) is 31.9 Å². The summed E-state index contributed by atoms with van der Waals surface area (Å²) in [6.45, 7) is 5.64. The Labute approximate surface area is 156 Å². The number of fused-ring (bicyclic) bond motifs is 1. The van der Waals surface area contributed by atoms with Crippen molar-refractivity contribution < 1.29 is 14.3 Å². The fourth-order valence-electron chi connectivity index (χ4n) is 3.21. The standard InChI is InChI=1S/C18H24N4O5/c1-4-12-10-19-16-14(15(12)27-5-2)17(24)22(18(25)20(16)3)11-13(23)21-6-8-26-9-7-21/h10H,4-9,11H2,1-3H3. The average molecular weight is 376 g/mol. The largest absolute Gasteiger partial charge is 0.493 e. The van der Waals surface area contributed by atoms with Crippen LogP contribution in [0.5, 0.6) is 5.75 Å². The molecule has 0 bridgehead atoms. The molecule has 9 heteroatoms. The molecule has 1 amide bonds. The SMILES string of the molecule is CCOc1c(CC)cnc2c1c(=O)n(CC(=O)N1CCOCC1)c(=O)n2C. The number of hydrogen-bond acceptors (Lipinski definition) is 6. The molecule has 2 aromatic heterocycles. The van der Waals surface area contributed by atoms with Gasteiger partial charge in [0.2, 0.25) is 5.91 Å². The van der Waals surface area contributed by atoms with Crippen LogP contribution in [0.2, 0.25) is 0 Å². The zero-order chi connectivity index (χ0) is 19.6. The Morgan fingerprint density at radius 2 is 1.96 bits per heavy atom. The molecule has 3 heterocycles. The molecule has 27 heavy (non-hydrogen) atoms. The van der Waals surface area contributed by atoms with E-state index >= 15 is 0 Å². The highest BCUT2D eigenvalue weighted by atomic mass is 16.5. The van der Waals surface area contributed by atoms with E-state index in [-0.39, 0.29) is 23.5 Å². The zero-order valence-electron chi connectivity index (χ0n) is 15.9. The number of pyridine rings is 1. The lowest BCUT2D eigenvalue weighted by Crippen LogP contribution is -2.47. The van der Waals surface area contributed by atoms with Crippen LogP contribution in [0.1, 0.15) is 19.4 Å². The zero-order valence-corrected chi connectivity index (χ0v) is 15.9. The van der Waals surface area contributed by atoms with Gasteiger partial charge in [0.15, 0.2) is 5.65 Å². The number of morpholine rings is 1. The second-order valence-electron chi connectivity index (χ2n) is 6.32. The highest BCUT2D eigenvalue weighted by Crippen LogP contribution is 2.25. The van der Waals surface area contributed by atoms with Gasteiger partial charge in [0.1, 0.15) is 17.7 Å². The molecule has 9 nitrogen and oxygen atoms in total. The van der Waals surface area contributed by atoms with E-state index in [1.807, 2.05) is 13.8 Å². The first kappa shape index (κ1) is 19.1. The van der Waals surface area contributed by atoms with Crippen molar-refractivity contribution >= 4 is 16.9 Å². The van der Waals surface area contributed by atoms with Crippen LogP contribution in [0, 0.1) is 0 Å². The summed E-state index contributed by atoms with van der Waals surface area (Å²) in [6, 6.07) is 0. The van der Waals surface area contributed by atoms with E-state index in [1.165, 1.54) is 11.6 Å². The third-order valence-corrected chi connectivity index (χ3v) is 4.71. The Morgan fingerprint density at radius 3 is 2.59 bits per heavy atom. The normalized spacial score (nSPS) is 14.6. The first-order valence-electron chi connectivity index (χ1n) is 9.09. The van der Waals surface area contributed by atoms with Crippen molar-refractivity contribution in [1.29, 1.82) is 0 Å². The Morgan fingerprint density at radius 1 is 1.26 bits per heavy atom.